The number of nitrogens with zero attached hydrogens (tertiary/aromatic N) is 2. The normalized spacial score (nSPS) is 12.0. The lowest BCUT2D eigenvalue weighted by Crippen LogP contribution is -2.29. The Morgan fingerprint density at radius 1 is 1.38 bits per heavy atom. The third-order valence-electron chi connectivity index (χ3n) is 3.06. The van der Waals surface area contributed by atoms with Crippen LogP contribution in [-0.2, 0) is 4.79 Å². The monoisotopic (exact) mass is 322 g/mol. The van der Waals surface area contributed by atoms with Gasteiger partial charge in [0.2, 0.25) is 11.0 Å². The van der Waals surface area contributed by atoms with Gasteiger partial charge in [-0.25, -0.2) is 0 Å². The molecule has 2 rings (SSSR count). The highest BCUT2D eigenvalue weighted by molar-refractivity contribution is 8.01. The Hall–Kier alpha value is -1.60. The van der Waals surface area contributed by atoms with Gasteiger partial charge in [-0.15, -0.1) is 10.2 Å². The van der Waals surface area contributed by atoms with Crippen LogP contribution in [0.3, 0.4) is 0 Å². The summed E-state index contributed by atoms with van der Waals surface area (Å²) in [5, 5.41) is 11.0. The maximum Gasteiger partial charge on any atom is 0.230 e. The molecule has 1 aromatic heterocycles. The van der Waals surface area contributed by atoms with Gasteiger partial charge in [0.05, 0.1) is 5.75 Å². The van der Waals surface area contributed by atoms with E-state index in [4.69, 9.17) is 5.73 Å². The van der Waals surface area contributed by atoms with Gasteiger partial charge in [0.25, 0.3) is 0 Å². The number of benzene rings is 1. The summed E-state index contributed by atoms with van der Waals surface area (Å²) in [6, 6.07) is 10.2. The summed E-state index contributed by atoms with van der Waals surface area (Å²) < 4.78 is 0.720. The Balaban J connectivity index is 1.77. The molecule has 7 heteroatoms. The summed E-state index contributed by atoms with van der Waals surface area (Å²) in [6.07, 6.45) is 0.990. The minimum absolute atomic E-state index is 0.00292. The number of carbonyl (C=O) groups excluding carboxylic acids is 1. The van der Waals surface area contributed by atoms with Crippen molar-refractivity contribution in [3.05, 3.63) is 35.9 Å². The fraction of sp³-hybridized carbons (Fsp3) is 0.357. The van der Waals surface area contributed by atoms with Gasteiger partial charge in [0.15, 0.2) is 4.34 Å². The van der Waals surface area contributed by atoms with Crippen LogP contribution in [0.1, 0.15) is 24.8 Å². The van der Waals surface area contributed by atoms with Crippen molar-refractivity contribution in [3.8, 4) is 0 Å². The summed E-state index contributed by atoms with van der Waals surface area (Å²) in [5.74, 6) is 0.681. The fourth-order valence-corrected chi connectivity index (χ4v) is 3.38. The quantitative estimate of drug-likeness (QED) is 0.766. The first-order chi connectivity index (χ1) is 10.2. The van der Waals surface area contributed by atoms with Crippen molar-refractivity contribution in [2.75, 3.05) is 18.0 Å². The third kappa shape index (κ3) is 5.02. The van der Waals surface area contributed by atoms with Crippen molar-refractivity contribution in [2.24, 2.45) is 0 Å². The molecule has 0 saturated heterocycles. The van der Waals surface area contributed by atoms with E-state index in [0.717, 1.165) is 10.8 Å². The van der Waals surface area contributed by atoms with Gasteiger partial charge >= 0.3 is 0 Å². The van der Waals surface area contributed by atoms with Crippen LogP contribution in [0, 0.1) is 0 Å². The van der Waals surface area contributed by atoms with Gasteiger partial charge in [-0.2, -0.15) is 0 Å². The minimum atomic E-state index is 0.00292. The third-order valence-corrected chi connectivity index (χ3v) is 4.94. The van der Waals surface area contributed by atoms with Crippen molar-refractivity contribution in [2.45, 2.75) is 23.6 Å². The highest BCUT2D eigenvalue weighted by atomic mass is 32.2. The zero-order chi connectivity index (χ0) is 15.1. The van der Waals surface area contributed by atoms with E-state index < -0.39 is 0 Å². The molecule has 21 heavy (non-hydrogen) atoms. The highest BCUT2D eigenvalue weighted by Crippen LogP contribution is 2.23. The van der Waals surface area contributed by atoms with Crippen LogP contribution in [-0.4, -0.2) is 28.4 Å². The molecule has 3 N–H and O–H groups in total. The van der Waals surface area contributed by atoms with Crippen molar-refractivity contribution < 1.29 is 4.79 Å². The minimum Gasteiger partial charge on any atom is -0.374 e. The van der Waals surface area contributed by atoms with E-state index in [-0.39, 0.29) is 5.91 Å². The number of nitrogens with one attached hydrogen (secondary N) is 1. The van der Waals surface area contributed by atoms with E-state index in [1.807, 2.05) is 18.2 Å². The molecule has 0 unspecified atom stereocenters. The second-order valence-electron chi connectivity index (χ2n) is 4.51. The molecule has 0 aliphatic heterocycles. The SMILES string of the molecule is CC[C@H](CNC(=O)CSc1nnc(N)s1)c1ccccc1. The van der Waals surface area contributed by atoms with E-state index in [9.17, 15) is 4.79 Å². The Morgan fingerprint density at radius 3 is 2.76 bits per heavy atom. The summed E-state index contributed by atoms with van der Waals surface area (Å²) in [5.41, 5.74) is 6.75. The Kier molecular flexibility index (Phi) is 6.01. The maximum absolute atomic E-state index is 11.9. The Labute approximate surface area is 132 Å². The molecule has 1 atom stereocenters. The number of aromatic nitrogens is 2. The van der Waals surface area contributed by atoms with Crippen LogP contribution in [0.2, 0.25) is 0 Å². The lowest BCUT2D eigenvalue weighted by atomic mass is 9.96. The molecule has 0 bridgehead atoms. The summed E-state index contributed by atoms with van der Waals surface area (Å²) in [4.78, 5) is 11.9. The van der Waals surface area contributed by atoms with Gasteiger partial charge in [-0.05, 0) is 12.0 Å². The standard InChI is InChI=1S/C14H18N4OS2/c1-2-10(11-6-4-3-5-7-11)8-16-12(19)9-20-14-18-17-13(15)21-14/h3-7,10H,2,8-9H2,1H3,(H2,15,17)(H,16,19)/t10-/m1/s1. The Morgan fingerprint density at radius 2 is 2.14 bits per heavy atom. The first kappa shape index (κ1) is 15.8. The number of nitrogens with two attached hydrogens (primary N) is 1. The number of anilines is 1. The number of rotatable bonds is 7. The average Bonchev–Trinajstić information content (AvgIpc) is 2.92. The molecule has 5 nitrogen and oxygen atoms in total. The molecular formula is C14H18N4OS2. The first-order valence-corrected chi connectivity index (χ1v) is 8.52. The average molecular weight is 322 g/mol. The summed E-state index contributed by atoms with van der Waals surface area (Å²) >= 11 is 2.65. The van der Waals surface area contributed by atoms with Crippen molar-refractivity contribution in [1.29, 1.82) is 0 Å². The number of thioether (sulfide) groups is 1. The van der Waals surface area contributed by atoms with E-state index in [2.05, 4.69) is 34.6 Å². The van der Waals surface area contributed by atoms with E-state index in [1.54, 1.807) is 0 Å². The highest BCUT2D eigenvalue weighted by Gasteiger charge is 2.11. The van der Waals surface area contributed by atoms with Gasteiger partial charge in [0.1, 0.15) is 0 Å². The topological polar surface area (TPSA) is 80.9 Å². The molecular weight excluding hydrogens is 304 g/mol. The molecule has 1 heterocycles. The van der Waals surface area contributed by atoms with Crippen molar-refractivity contribution in [1.82, 2.24) is 15.5 Å². The first-order valence-electron chi connectivity index (χ1n) is 6.72. The zero-order valence-corrected chi connectivity index (χ0v) is 13.4. The zero-order valence-electron chi connectivity index (χ0n) is 11.8. The number of hydrogen-bond donors (Lipinski definition) is 2. The molecule has 1 aromatic carbocycles. The second-order valence-corrected chi connectivity index (χ2v) is 6.75. The van der Waals surface area contributed by atoms with Crippen LogP contribution in [0.5, 0.6) is 0 Å². The number of carbonyl (C=O) groups is 1. The van der Waals surface area contributed by atoms with Gasteiger partial charge in [-0.3, -0.25) is 4.79 Å². The molecule has 112 valence electrons. The van der Waals surface area contributed by atoms with Gasteiger partial charge < -0.3 is 11.1 Å². The van der Waals surface area contributed by atoms with Crippen molar-refractivity contribution >= 4 is 34.1 Å². The van der Waals surface area contributed by atoms with E-state index in [1.165, 1.54) is 28.7 Å². The van der Waals surface area contributed by atoms with Crippen LogP contribution in [0.25, 0.3) is 0 Å². The molecule has 0 spiro atoms. The number of hydrogen-bond acceptors (Lipinski definition) is 6. The predicted molar refractivity (Wildman–Crippen MR) is 87.5 cm³/mol. The van der Waals surface area contributed by atoms with Crippen LogP contribution in [0.4, 0.5) is 5.13 Å². The predicted octanol–water partition coefficient (Wildman–Crippen LogP) is 2.52. The number of amides is 1. The lowest BCUT2D eigenvalue weighted by Gasteiger charge is -2.16. The van der Waals surface area contributed by atoms with Crippen LogP contribution in [0.15, 0.2) is 34.7 Å². The molecule has 0 aliphatic carbocycles. The Bertz CT molecular complexity index is 573. The molecule has 0 aliphatic rings. The second kappa shape index (κ2) is 7.99. The molecule has 1 amide bonds. The summed E-state index contributed by atoms with van der Waals surface area (Å²) in [7, 11) is 0. The van der Waals surface area contributed by atoms with Gasteiger partial charge in [-0.1, -0.05) is 60.4 Å². The van der Waals surface area contributed by atoms with E-state index >= 15 is 0 Å². The van der Waals surface area contributed by atoms with Gasteiger partial charge in [0, 0.05) is 12.5 Å². The van der Waals surface area contributed by atoms with E-state index in [0.29, 0.717) is 23.3 Å². The smallest absolute Gasteiger partial charge is 0.230 e. The van der Waals surface area contributed by atoms with Crippen LogP contribution >= 0.6 is 23.1 Å². The molecule has 2 aromatic rings. The van der Waals surface area contributed by atoms with Crippen molar-refractivity contribution in [3.63, 3.8) is 0 Å². The maximum atomic E-state index is 11.9. The number of nitrogen functional groups attached to an aromatic ring is 1. The van der Waals surface area contributed by atoms with Crippen LogP contribution < -0.4 is 11.1 Å². The molecule has 0 radical (unpaired) electrons. The molecule has 0 fully saturated rings. The largest absolute Gasteiger partial charge is 0.374 e. The summed E-state index contributed by atoms with van der Waals surface area (Å²) in [6.45, 7) is 2.78. The molecule has 0 saturated carbocycles. The lowest BCUT2D eigenvalue weighted by molar-refractivity contribution is -0.118. The fourth-order valence-electron chi connectivity index (χ4n) is 1.92.